The third-order valence-corrected chi connectivity index (χ3v) is 8.52. The van der Waals surface area contributed by atoms with Gasteiger partial charge in [-0.05, 0) is 60.9 Å². The summed E-state index contributed by atoms with van der Waals surface area (Å²) < 4.78 is 65.1. The molecule has 242 valence electrons. The second-order valence-corrected chi connectivity index (χ2v) is 11.4. The second kappa shape index (κ2) is 14.0. The molecule has 0 unspecified atom stereocenters. The fourth-order valence-corrected chi connectivity index (χ4v) is 6.05. The zero-order chi connectivity index (χ0) is 32.1. The van der Waals surface area contributed by atoms with Crippen LogP contribution < -0.4 is 10.6 Å². The number of aromatic nitrogens is 1. The molecular weight excluding hydrogens is 596 g/mol. The number of ether oxygens (including phenoxy) is 2. The van der Waals surface area contributed by atoms with E-state index in [2.05, 4.69) is 5.32 Å². The lowest BCUT2D eigenvalue weighted by Gasteiger charge is -2.32. The molecule has 0 saturated carbocycles. The molecule has 0 radical (unpaired) electrons. The maximum Gasteiger partial charge on any atom is 0.471 e. The number of piperidine rings is 1. The van der Waals surface area contributed by atoms with Gasteiger partial charge in [-0.1, -0.05) is 18.2 Å². The van der Waals surface area contributed by atoms with Crippen LogP contribution in [0.25, 0.3) is 10.9 Å². The predicted octanol–water partition coefficient (Wildman–Crippen LogP) is 4.99. The van der Waals surface area contributed by atoms with Crippen LogP contribution in [0.3, 0.4) is 0 Å². The van der Waals surface area contributed by atoms with Gasteiger partial charge in [-0.2, -0.15) is 13.2 Å². The van der Waals surface area contributed by atoms with Gasteiger partial charge in [-0.3, -0.25) is 14.4 Å². The van der Waals surface area contributed by atoms with Gasteiger partial charge in [0.1, 0.15) is 5.82 Å². The lowest BCUT2D eigenvalue weighted by molar-refractivity contribution is -0.173. The Labute approximate surface area is 257 Å². The van der Waals surface area contributed by atoms with Gasteiger partial charge < -0.3 is 29.6 Å². The molecule has 2 N–H and O–H groups in total. The van der Waals surface area contributed by atoms with Gasteiger partial charge >= 0.3 is 12.1 Å². The van der Waals surface area contributed by atoms with E-state index in [1.165, 1.54) is 18.2 Å². The number of nitrogens with one attached hydrogen (secondary N) is 2. The third-order valence-electron chi connectivity index (χ3n) is 8.52. The first-order chi connectivity index (χ1) is 21.6. The fourth-order valence-electron chi connectivity index (χ4n) is 6.05. The van der Waals surface area contributed by atoms with Crippen LogP contribution in [0.2, 0.25) is 0 Å². The number of fused-ring (bicyclic) bond motifs is 1. The fraction of sp³-hybridized carbons (Fsp3) is 0.469. The summed E-state index contributed by atoms with van der Waals surface area (Å²) in [4.78, 5) is 40.0. The standard InChI is InChI=1S/C32H36F4N4O5/c1-44-16-13-40-19-24(28-26(3-2-4-27(28)40)38-29(41)22-9-14-45-15-10-22)30(42)39-11-7-21(8-12-39)23-17-20(5-6-25(23)33)18-37-31(43)32(34,35)36/h2-6,17,19,21-22H,7-16,18H2,1H3,(H,37,43)(H,38,41). The van der Waals surface area contributed by atoms with Crippen LogP contribution in [-0.4, -0.2) is 73.4 Å². The van der Waals surface area contributed by atoms with Crippen molar-refractivity contribution < 1.29 is 41.4 Å². The Morgan fingerprint density at radius 1 is 1.04 bits per heavy atom. The smallest absolute Gasteiger partial charge is 0.383 e. The summed E-state index contributed by atoms with van der Waals surface area (Å²) in [6, 6.07) is 9.52. The lowest BCUT2D eigenvalue weighted by Crippen LogP contribution is -2.38. The van der Waals surface area contributed by atoms with Crippen molar-refractivity contribution in [2.45, 2.75) is 50.9 Å². The van der Waals surface area contributed by atoms with E-state index in [4.69, 9.17) is 9.47 Å². The zero-order valence-corrected chi connectivity index (χ0v) is 24.9. The summed E-state index contributed by atoms with van der Waals surface area (Å²) in [6.07, 6.45) is -1.09. The molecule has 2 saturated heterocycles. The highest BCUT2D eigenvalue weighted by Crippen LogP contribution is 2.34. The Bertz CT molecular complexity index is 1540. The van der Waals surface area contributed by atoms with E-state index in [0.29, 0.717) is 92.9 Å². The number of carbonyl (C=O) groups excluding carboxylic acids is 3. The number of halogens is 4. The normalized spacial score (nSPS) is 16.6. The molecule has 0 aliphatic carbocycles. The molecule has 1 aromatic heterocycles. The average Bonchev–Trinajstić information content (AvgIpc) is 3.42. The summed E-state index contributed by atoms with van der Waals surface area (Å²) in [5.74, 6) is -3.32. The highest BCUT2D eigenvalue weighted by molar-refractivity contribution is 6.13. The summed E-state index contributed by atoms with van der Waals surface area (Å²) in [5, 5.41) is 5.50. The van der Waals surface area contributed by atoms with Gasteiger partial charge in [0.05, 0.1) is 23.4 Å². The van der Waals surface area contributed by atoms with Crippen molar-refractivity contribution in [3.05, 3.63) is 65.1 Å². The molecule has 0 spiro atoms. The number of amides is 3. The lowest BCUT2D eigenvalue weighted by atomic mass is 9.88. The first-order valence-corrected chi connectivity index (χ1v) is 15.0. The van der Waals surface area contributed by atoms with E-state index in [1.807, 2.05) is 22.0 Å². The van der Waals surface area contributed by atoms with Crippen LogP contribution in [0.1, 0.15) is 53.1 Å². The molecule has 2 aliphatic heterocycles. The summed E-state index contributed by atoms with van der Waals surface area (Å²) >= 11 is 0. The molecule has 2 aromatic carbocycles. The second-order valence-electron chi connectivity index (χ2n) is 11.4. The molecule has 0 atom stereocenters. The number of nitrogens with zero attached hydrogens (tertiary/aromatic N) is 2. The Morgan fingerprint density at radius 3 is 2.47 bits per heavy atom. The highest BCUT2D eigenvalue weighted by atomic mass is 19.4. The monoisotopic (exact) mass is 632 g/mol. The Kier molecular flexibility index (Phi) is 10.1. The minimum absolute atomic E-state index is 0.114. The topological polar surface area (TPSA) is 102 Å². The number of likely N-dealkylation sites (tertiary alicyclic amines) is 1. The van der Waals surface area contributed by atoms with Crippen molar-refractivity contribution in [2.75, 3.05) is 45.3 Å². The van der Waals surface area contributed by atoms with Crippen LogP contribution >= 0.6 is 0 Å². The first-order valence-electron chi connectivity index (χ1n) is 15.0. The molecule has 3 heterocycles. The maximum absolute atomic E-state index is 14.8. The van der Waals surface area contributed by atoms with Crippen LogP contribution in [0.15, 0.2) is 42.6 Å². The molecule has 2 aliphatic rings. The van der Waals surface area contributed by atoms with Gasteiger partial charge in [0.15, 0.2) is 0 Å². The van der Waals surface area contributed by atoms with Crippen molar-refractivity contribution in [3.8, 4) is 0 Å². The van der Waals surface area contributed by atoms with Gasteiger partial charge in [0.2, 0.25) is 5.91 Å². The van der Waals surface area contributed by atoms with E-state index in [0.717, 1.165) is 5.52 Å². The van der Waals surface area contributed by atoms with Crippen LogP contribution in [0, 0.1) is 11.7 Å². The van der Waals surface area contributed by atoms with Gasteiger partial charge in [0, 0.05) is 64.0 Å². The molecule has 5 rings (SSSR count). The van der Waals surface area contributed by atoms with Crippen molar-refractivity contribution in [3.63, 3.8) is 0 Å². The summed E-state index contributed by atoms with van der Waals surface area (Å²) in [5.41, 5.74) is 2.47. The average molecular weight is 633 g/mol. The molecule has 45 heavy (non-hydrogen) atoms. The van der Waals surface area contributed by atoms with E-state index >= 15 is 0 Å². The van der Waals surface area contributed by atoms with Crippen LogP contribution in [0.4, 0.5) is 23.2 Å². The van der Waals surface area contributed by atoms with Crippen molar-refractivity contribution >= 4 is 34.3 Å². The minimum Gasteiger partial charge on any atom is -0.383 e. The number of anilines is 1. The highest BCUT2D eigenvalue weighted by Gasteiger charge is 2.38. The zero-order valence-electron chi connectivity index (χ0n) is 24.9. The van der Waals surface area contributed by atoms with Gasteiger partial charge in [-0.25, -0.2) is 4.39 Å². The Hall–Kier alpha value is -3.97. The van der Waals surface area contributed by atoms with E-state index in [1.54, 1.807) is 24.3 Å². The number of alkyl halides is 3. The van der Waals surface area contributed by atoms with Crippen molar-refractivity contribution in [1.82, 2.24) is 14.8 Å². The van der Waals surface area contributed by atoms with Crippen LogP contribution in [0.5, 0.6) is 0 Å². The summed E-state index contributed by atoms with van der Waals surface area (Å²) in [7, 11) is 1.60. The maximum atomic E-state index is 14.8. The van der Waals surface area contributed by atoms with Crippen molar-refractivity contribution in [2.24, 2.45) is 5.92 Å². The van der Waals surface area contributed by atoms with Gasteiger partial charge in [0.25, 0.3) is 5.91 Å². The number of benzene rings is 2. The SMILES string of the molecule is COCCn1cc(C(=O)N2CCC(c3cc(CNC(=O)C(F)(F)F)ccc3F)CC2)c2c(NC(=O)C3CCOCC3)cccc21. The number of hydrogen-bond donors (Lipinski definition) is 2. The largest absolute Gasteiger partial charge is 0.471 e. The van der Waals surface area contributed by atoms with Crippen molar-refractivity contribution in [1.29, 1.82) is 0 Å². The Morgan fingerprint density at radius 2 is 1.78 bits per heavy atom. The molecule has 3 amide bonds. The summed E-state index contributed by atoms with van der Waals surface area (Å²) in [6.45, 7) is 2.25. The quantitative estimate of drug-likeness (QED) is 0.324. The van der Waals surface area contributed by atoms with E-state index in [-0.39, 0.29) is 30.2 Å². The van der Waals surface area contributed by atoms with E-state index < -0.39 is 17.9 Å². The molecular formula is C32H36F4N4O5. The predicted molar refractivity (Wildman–Crippen MR) is 158 cm³/mol. The molecule has 2 fully saturated rings. The first kappa shape index (κ1) is 32.4. The van der Waals surface area contributed by atoms with E-state index in [9.17, 15) is 31.9 Å². The Balaban J connectivity index is 1.33. The molecule has 3 aromatic rings. The van der Waals surface area contributed by atoms with Gasteiger partial charge in [-0.15, -0.1) is 0 Å². The number of methoxy groups -OCH3 is 1. The molecule has 13 heteroatoms. The minimum atomic E-state index is -5.00. The van der Waals surface area contributed by atoms with Crippen LogP contribution in [-0.2, 0) is 32.2 Å². The molecule has 9 nitrogen and oxygen atoms in total. The number of hydrogen-bond acceptors (Lipinski definition) is 5. The molecule has 0 bridgehead atoms. The number of carbonyl (C=O) groups is 3. The third kappa shape index (κ3) is 7.47. The number of rotatable bonds is 9.